The van der Waals surface area contributed by atoms with Crippen molar-refractivity contribution < 1.29 is 29.0 Å². The summed E-state index contributed by atoms with van der Waals surface area (Å²) >= 11 is 1.41. The molecule has 2 fully saturated rings. The second kappa shape index (κ2) is 12.0. The van der Waals surface area contributed by atoms with E-state index in [1.54, 1.807) is 24.3 Å². The lowest BCUT2D eigenvalue weighted by Crippen LogP contribution is -2.67. The molecule has 0 bridgehead atoms. The van der Waals surface area contributed by atoms with Crippen LogP contribution in [0.4, 0.5) is 5.69 Å². The summed E-state index contributed by atoms with van der Waals surface area (Å²) in [6.45, 7) is 6.40. The van der Waals surface area contributed by atoms with Gasteiger partial charge in [0.15, 0.2) is 0 Å². The van der Waals surface area contributed by atoms with Crippen molar-refractivity contribution in [1.82, 2.24) is 4.90 Å². The lowest BCUT2D eigenvalue weighted by atomic mass is 9.87. The minimum absolute atomic E-state index is 0.107. The van der Waals surface area contributed by atoms with Gasteiger partial charge in [-0.15, -0.1) is 11.8 Å². The highest BCUT2D eigenvalue weighted by atomic mass is 32.2. The Bertz CT molecular complexity index is 1380. The quantitative estimate of drug-likeness (QED) is 0.283. The van der Waals surface area contributed by atoms with Gasteiger partial charge in [0.2, 0.25) is 5.91 Å². The second-order valence-electron chi connectivity index (χ2n) is 10.7. The molecule has 2 aliphatic heterocycles. The molecule has 0 spiro atoms. The van der Waals surface area contributed by atoms with Gasteiger partial charge in [-0.3, -0.25) is 9.59 Å². The topological polar surface area (TPSA) is 96.4 Å². The van der Waals surface area contributed by atoms with Gasteiger partial charge in [-0.05, 0) is 56.2 Å². The lowest BCUT2D eigenvalue weighted by Gasteiger charge is -2.45. The molecule has 1 N–H and O–H groups in total. The summed E-state index contributed by atoms with van der Waals surface area (Å²) in [6.07, 6.45) is -1.54. The van der Waals surface area contributed by atoms with Crippen LogP contribution >= 0.6 is 11.8 Å². The summed E-state index contributed by atoms with van der Waals surface area (Å²) in [5.74, 6) is -1.76. The van der Waals surface area contributed by atoms with Gasteiger partial charge in [-0.25, -0.2) is 4.79 Å². The van der Waals surface area contributed by atoms with Gasteiger partial charge in [0.05, 0.1) is 5.37 Å². The Morgan fingerprint density at radius 2 is 1.54 bits per heavy atom. The predicted octanol–water partition coefficient (Wildman–Crippen LogP) is 4.40. The number of aliphatic hydroxyl groups excluding tert-OH is 1. The highest BCUT2D eigenvalue weighted by Gasteiger charge is 2.66. The van der Waals surface area contributed by atoms with Crippen LogP contribution in [0.15, 0.2) is 84.9 Å². The zero-order valence-corrected chi connectivity index (χ0v) is 24.1. The Morgan fingerprint density at radius 3 is 2.12 bits per heavy atom. The van der Waals surface area contributed by atoms with Gasteiger partial charge in [0.25, 0.3) is 5.91 Å². The van der Waals surface area contributed by atoms with Crippen molar-refractivity contribution in [3.05, 3.63) is 96.1 Å². The molecule has 0 aromatic heterocycles. The fraction of sp³-hybridized carbons (Fsp3) is 0.344. The number of anilines is 1. The molecular formula is C32H34N2O6S. The molecule has 3 aromatic rings. The van der Waals surface area contributed by atoms with E-state index < -0.39 is 46.0 Å². The van der Waals surface area contributed by atoms with E-state index in [4.69, 9.17) is 9.47 Å². The maximum absolute atomic E-state index is 13.4. The van der Waals surface area contributed by atoms with Crippen LogP contribution < -0.4 is 9.64 Å². The van der Waals surface area contributed by atoms with E-state index in [9.17, 15) is 19.5 Å². The molecule has 2 amide bonds. The monoisotopic (exact) mass is 574 g/mol. The zero-order valence-electron chi connectivity index (χ0n) is 23.3. The minimum atomic E-state index is -1.54. The second-order valence-corrected chi connectivity index (χ2v) is 12.4. The number of carbonyl (C=O) groups excluding carboxylic acids is 3. The molecule has 2 saturated heterocycles. The van der Waals surface area contributed by atoms with Gasteiger partial charge in [0.1, 0.15) is 37.0 Å². The first kappa shape index (κ1) is 28.7. The van der Waals surface area contributed by atoms with Crippen LogP contribution in [-0.2, 0) is 32.3 Å². The molecular weight excluding hydrogens is 540 g/mol. The maximum atomic E-state index is 13.4. The van der Waals surface area contributed by atoms with E-state index in [0.717, 1.165) is 11.1 Å². The lowest BCUT2D eigenvalue weighted by molar-refractivity contribution is -0.173. The number of aliphatic hydroxyl groups is 1. The van der Waals surface area contributed by atoms with E-state index in [1.807, 2.05) is 81.4 Å². The summed E-state index contributed by atoms with van der Waals surface area (Å²) in [5.41, 5.74) is 2.49. The standard InChI is InChI=1S/C32H34N2O6S/c1-4-33(23-15-17-24(18-16-23)39-19-21-11-7-5-8-12-21)29(37)26(35)25-28(36)34-27(32(2,3)41-30(25)34)31(38)40-20-22-13-9-6-10-14-22/h5-18,25-27,30,35H,4,19-20H2,1-3H3/t25-,26+,27+,30-/m1/s1. The molecule has 0 radical (unpaired) electrons. The Hall–Kier alpha value is -3.82. The van der Waals surface area contributed by atoms with Crippen molar-refractivity contribution in [2.45, 2.75) is 56.3 Å². The Balaban J connectivity index is 1.22. The fourth-order valence-corrected chi connectivity index (χ4v) is 7.08. The molecule has 5 rings (SSSR count). The summed E-state index contributed by atoms with van der Waals surface area (Å²) in [6, 6.07) is 25.4. The molecule has 0 saturated carbocycles. The zero-order chi connectivity index (χ0) is 29.1. The molecule has 9 heteroatoms. The molecule has 8 nitrogen and oxygen atoms in total. The third kappa shape index (κ3) is 5.83. The van der Waals surface area contributed by atoms with Crippen molar-refractivity contribution in [3.8, 4) is 5.75 Å². The summed E-state index contributed by atoms with van der Waals surface area (Å²) in [7, 11) is 0. The Labute approximate surface area is 244 Å². The van der Waals surface area contributed by atoms with Gasteiger partial charge in [-0.1, -0.05) is 60.7 Å². The van der Waals surface area contributed by atoms with Crippen LogP contribution in [0.5, 0.6) is 5.75 Å². The average Bonchev–Trinajstić information content (AvgIpc) is 3.23. The number of rotatable bonds is 10. The smallest absolute Gasteiger partial charge is 0.330 e. The number of benzene rings is 3. The number of ether oxygens (including phenoxy) is 2. The van der Waals surface area contributed by atoms with Crippen molar-refractivity contribution in [1.29, 1.82) is 0 Å². The summed E-state index contributed by atoms with van der Waals surface area (Å²) in [4.78, 5) is 42.8. The van der Waals surface area contributed by atoms with Crippen molar-refractivity contribution in [3.63, 3.8) is 0 Å². The first-order chi connectivity index (χ1) is 19.7. The first-order valence-electron chi connectivity index (χ1n) is 13.7. The van der Waals surface area contributed by atoms with Crippen molar-refractivity contribution >= 4 is 35.2 Å². The number of nitrogens with zero attached hydrogens (tertiary/aromatic N) is 2. The number of hydrogen-bond donors (Lipinski definition) is 1. The Morgan fingerprint density at radius 1 is 0.951 bits per heavy atom. The van der Waals surface area contributed by atoms with Crippen LogP contribution in [0, 0.1) is 5.92 Å². The number of amides is 2. The van der Waals surface area contributed by atoms with Crippen LogP contribution in [0.1, 0.15) is 31.9 Å². The number of esters is 1. The number of hydrogen-bond acceptors (Lipinski definition) is 7. The molecule has 4 atom stereocenters. The Kier molecular flexibility index (Phi) is 8.37. The van der Waals surface area contributed by atoms with Gasteiger partial charge in [0, 0.05) is 17.0 Å². The van der Waals surface area contributed by atoms with E-state index in [2.05, 4.69) is 0 Å². The van der Waals surface area contributed by atoms with E-state index >= 15 is 0 Å². The summed E-state index contributed by atoms with van der Waals surface area (Å²) < 4.78 is 10.8. The van der Waals surface area contributed by atoms with Crippen LogP contribution in [0.2, 0.25) is 0 Å². The molecule has 3 aromatic carbocycles. The van der Waals surface area contributed by atoms with Crippen LogP contribution in [-0.4, -0.2) is 56.6 Å². The molecule has 0 unspecified atom stereocenters. The van der Waals surface area contributed by atoms with Crippen LogP contribution in [0.25, 0.3) is 0 Å². The van der Waals surface area contributed by atoms with Crippen molar-refractivity contribution in [2.24, 2.45) is 5.92 Å². The first-order valence-corrected chi connectivity index (χ1v) is 14.6. The third-order valence-electron chi connectivity index (χ3n) is 7.50. The highest BCUT2D eigenvalue weighted by Crippen LogP contribution is 2.54. The van der Waals surface area contributed by atoms with Gasteiger partial charge < -0.3 is 24.4 Å². The number of thioether (sulfide) groups is 1. The number of carbonyl (C=O) groups is 3. The SMILES string of the molecule is CCN(C(=O)[C@@H](O)[C@@H]1C(=O)N2[C@@H]1SC(C)(C)[C@@H]2C(=O)OCc1ccccc1)c1ccc(OCc2ccccc2)cc1. The maximum Gasteiger partial charge on any atom is 0.330 e. The average molecular weight is 575 g/mol. The van der Waals surface area contributed by atoms with E-state index in [0.29, 0.717) is 24.6 Å². The summed E-state index contributed by atoms with van der Waals surface area (Å²) in [5, 5.41) is 10.6. The van der Waals surface area contributed by atoms with E-state index in [-0.39, 0.29) is 6.61 Å². The molecule has 214 valence electrons. The number of likely N-dealkylation sites (N-methyl/N-ethyl adjacent to an activating group) is 1. The van der Waals surface area contributed by atoms with Crippen LogP contribution in [0.3, 0.4) is 0 Å². The number of fused-ring (bicyclic) bond motifs is 1. The minimum Gasteiger partial charge on any atom is -0.489 e. The molecule has 41 heavy (non-hydrogen) atoms. The molecule has 0 aliphatic carbocycles. The largest absolute Gasteiger partial charge is 0.489 e. The van der Waals surface area contributed by atoms with Gasteiger partial charge >= 0.3 is 5.97 Å². The van der Waals surface area contributed by atoms with Crippen molar-refractivity contribution in [2.75, 3.05) is 11.4 Å². The number of β-lactam (4-membered cyclic amide) rings is 1. The fourth-order valence-electron chi connectivity index (χ4n) is 5.36. The van der Waals surface area contributed by atoms with E-state index in [1.165, 1.54) is 21.6 Å². The normalized spacial score (nSPS) is 21.4. The predicted molar refractivity (Wildman–Crippen MR) is 157 cm³/mol. The molecule has 2 aliphatic rings. The van der Waals surface area contributed by atoms with Gasteiger partial charge in [-0.2, -0.15) is 0 Å². The molecule has 2 heterocycles. The highest BCUT2D eigenvalue weighted by molar-refractivity contribution is 8.01. The third-order valence-corrected chi connectivity index (χ3v) is 9.09.